The van der Waals surface area contributed by atoms with Crippen LogP contribution < -0.4 is 20.3 Å². The lowest BCUT2D eigenvalue weighted by Gasteiger charge is -2.20. The van der Waals surface area contributed by atoms with E-state index in [-0.39, 0.29) is 18.5 Å². The number of rotatable bonds is 9. The van der Waals surface area contributed by atoms with Gasteiger partial charge >= 0.3 is 6.01 Å². The normalized spacial score (nSPS) is 10.1. The maximum absolute atomic E-state index is 11.6. The molecule has 8 nitrogen and oxygen atoms in total. The van der Waals surface area contributed by atoms with Crippen LogP contribution in [0.15, 0.2) is 0 Å². The first-order chi connectivity index (χ1) is 10.1. The van der Waals surface area contributed by atoms with Gasteiger partial charge in [0.25, 0.3) is 0 Å². The van der Waals surface area contributed by atoms with Gasteiger partial charge in [-0.2, -0.15) is 15.0 Å². The summed E-state index contributed by atoms with van der Waals surface area (Å²) in [5.41, 5.74) is 0. The lowest BCUT2D eigenvalue weighted by atomic mass is 10.5. The predicted molar refractivity (Wildman–Crippen MR) is 81.7 cm³/mol. The Labute approximate surface area is 125 Å². The number of likely N-dealkylation sites (N-methyl/N-ethyl adjacent to an activating group) is 2. The number of nitrogens with one attached hydrogen (secondary N) is 2. The van der Waals surface area contributed by atoms with E-state index in [1.54, 1.807) is 11.9 Å². The summed E-state index contributed by atoms with van der Waals surface area (Å²) in [4.78, 5) is 26.1. The van der Waals surface area contributed by atoms with E-state index in [9.17, 15) is 4.79 Å². The Morgan fingerprint density at radius 1 is 1.24 bits per heavy atom. The number of nitrogens with zero attached hydrogens (tertiary/aromatic N) is 4. The SMILES string of the molecule is CCCOc1nc(NCC)nc(N(CC)CC(=O)NC)n1. The molecule has 0 aliphatic heterocycles. The second-order valence-corrected chi connectivity index (χ2v) is 4.31. The maximum Gasteiger partial charge on any atom is 0.323 e. The van der Waals surface area contributed by atoms with Crippen LogP contribution in [-0.4, -0.2) is 54.1 Å². The highest BCUT2D eigenvalue weighted by Gasteiger charge is 2.15. The average Bonchev–Trinajstić information content (AvgIpc) is 2.50. The maximum atomic E-state index is 11.6. The lowest BCUT2D eigenvalue weighted by Crippen LogP contribution is -2.36. The number of carbonyl (C=O) groups excluding carboxylic acids is 1. The Morgan fingerprint density at radius 3 is 2.57 bits per heavy atom. The van der Waals surface area contributed by atoms with Gasteiger partial charge in [-0.1, -0.05) is 6.92 Å². The van der Waals surface area contributed by atoms with E-state index in [1.165, 1.54) is 0 Å². The summed E-state index contributed by atoms with van der Waals surface area (Å²) in [7, 11) is 1.60. The predicted octanol–water partition coefficient (Wildman–Crippen LogP) is 0.664. The molecule has 0 radical (unpaired) electrons. The third-order valence-electron chi connectivity index (χ3n) is 2.65. The molecule has 0 saturated carbocycles. The van der Waals surface area contributed by atoms with Gasteiger partial charge in [0.15, 0.2) is 0 Å². The largest absolute Gasteiger partial charge is 0.463 e. The first-order valence-corrected chi connectivity index (χ1v) is 7.22. The first-order valence-electron chi connectivity index (χ1n) is 7.22. The van der Waals surface area contributed by atoms with Crippen LogP contribution in [0.3, 0.4) is 0 Å². The summed E-state index contributed by atoms with van der Waals surface area (Å²) in [6, 6.07) is 0.271. The highest BCUT2D eigenvalue weighted by Crippen LogP contribution is 2.15. The van der Waals surface area contributed by atoms with Crippen molar-refractivity contribution < 1.29 is 9.53 Å². The highest BCUT2D eigenvalue weighted by atomic mass is 16.5. The number of anilines is 2. The monoisotopic (exact) mass is 296 g/mol. The molecule has 0 aliphatic rings. The molecule has 0 atom stereocenters. The molecule has 0 aromatic carbocycles. The molecule has 1 heterocycles. The summed E-state index contributed by atoms with van der Waals surface area (Å²) < 4.78 is 5.48. The summed E-state index contributed by atoms with van der Waals surface area (Å²) in [6.07, 6.45) is 0.868. The molecule has 21 heavy (non-hydrogen) atoms. The molecule has 1 rings (SSSR count). The van der Waals surface area contributed by atoms with Crippen molar-refractivity contribution >= 4 is 17.8 Å². The molecule has 0 bridgehead atoms. The molecule has 118 valence electrons. The van der Waals surface area contributed by atoms with E-state index >= 15 is 0 Å². The molecular weight excluding hydrogens is 272 g/mol. The van der Waals surface area contributed by atoms with Gasteiger partial charge in [-0.05, 0) is 20.3 Å². The van der Waals surface area contributed by atoms with E-state index in [4.69, 9.17) is 4.74 Å². The third kappa shape index (κ3) is 5.41. The van der Waals surface area contributed by atoms with E-state index in [0.29, 0.717) is 31.6 Å². The second-order valence-electron chi connectivity index (χ2n) is 4.31. The Morgan fingerprint density at radius 2 is 2.00 bits per heavy atom. The second kappa shape index (κ2) is 8.93. The molecule has 0 unspecified atom stereocenters. The first kappa shape index (κ1) is 16.9. The van der Waals surface area contributed by atoms with Crippen molar-refractivity contribution in [3.63, 3.8) is 0 Å². The number of carbonyl (C=O) groups is 1. The number of hydrogen-bond acceptors (Lipinski definition) is 7. The highest BCUT2D eigenvalue weighted by molar-refractivity contribution is 5.80. The van der Waals surface area contributed by atoms with Crippen LogP contribution in [0.1, 0.15) is 27.2 Å². The van der Waals surface area contributed by atoms with Gasteiger partial charge in [-0.15, -0.1) is 0 Å². The van der Waals surface area contributed by atoms with Crippen molar-refractivity contribution in [3.05, 3.63) is 0 Å². The number of amides is 1. The van der Waals surface area contributed by atoms with Gasteiger partial charge in [-0.3, -0.25) is 4.79 Å². The van der Waals surface area contributed by atoms with Gasteiger partial charge in [0, 0.05) is 20.1 Å². The summed E-state index contributed by atoms with van der Waals surface area (Å²) in [5.74, 6) is 0.778. The van der Waals surface area contributed by atoms with E-state index in [0.717, 1.165) is 6.42 Å². The average molecular weight is 296 g/mol. The Hall–Kier alpha value is -2.12. The quantitative estimate of drug-likeness (QED) is 0.691. The minimum Gasteiger partial charge on any atom is -0.463 e. The van der Waals surface area contributed by atoms with Crippen LogP contribution in [0.5, 0.6) is 6.01 Å². The topological polar surface area (TPSA) is 92.3 Å². The summed E-state index contributed by atoms with van der Waals surface area (Å²) >= 11 is 0. The van der Waals surface area contributed by atoms with E-state index < -0.39 is 0 Å². The molecule has 0 fully saturated rings. The zero-order valence-corrected chi connectivity index (χ0v) is 13.1. The lowest BCUT2D eigenvalue weighted by molar-refractivity contribution is -0.119. The molecule has 8 heteroatoms. The standard InChI is InChI=1S/C13H24N6O2/c1-5-8-21-13-17-11(15-6-2)16-12(18-13)19(7-3)9-10(20)14-4/h5-9H2,1-4H3,(H,14,20)(H,15,16,17,18). The summed E-state index contributed by atoms with van der Waals surface area (Å²) in [6.45, 7) is 7.93. The van der Waals surface area contributed by atoms with Gasteiger partial charge < -0.3 is 20.3 Å². The fraction of sp³-hybridized carbons (Fsp3) is 0.692. The van der Waals surface area contributed by atoms with Crippen LogP contribution in [0.25, 0.3) is 0 Å². The molecule has 1 aromatic rings. The van der Waals surface area contributed by atoms with E-state index in [2.05, 4.69) is 25.6 Å². The van der Waals surface area contributed by atoms with Crippen LogP contribution >= 0.6 is 0 Å². The van der Waals surface area contributed by atoms with Crippen molar-refractivity contribution in [1.82, 2.24) is 20.3 Å². The van der Waals surface area contributed by atoms with Crippen molar-refractivity contribution in [2.75, 3.05) is 43.5 Å². The molecule has 2 N–H and O–H groups in total. The van der Waals surface area contributed by atoms with Gasteiger partial charge in [0.05, 0.1) is 13.2 Å². The third-order valence-corrected chi connectivity index (χ3v) is 2.65. The van der Waals surface area contributed by atoms with Gasteiger partial charge in [0.2, 0.25) is 17.8 Å². The van der Waals surface area contributed by atoms with Crippen molar-refractivity contribution in [2.24, 2.45) is 0 Å². The van der Waals surface area contributed by atoms with E-state index in [1.807, 2.05) is 20.8 Å². The van der Waals surface area contributed by atoms with Crippen LogP contribution in [0, 0.1) is 0 Å². The Bertz CT molecular complexity index is 454. The fourth-order valence-electron chi connectivity index (χ4n) is 1.56. The Balaban J connectivity index is 3.00. The van der Waals surface area contributed by atoms with Crippen LogP contribution in [-0.2, 0) is 4.79 Å². The van der Waals surface area contributed by atoms with Crippen molar-refractivity contribution in [1.29, 1.82) is 0 Å². The molecule has 0 aliphatic carbocycles. The zero-order chi connectivity index (χ0) is 15.7. The van der Waals surface area contributed by atoms with Gasteiger partial charge in [-0.25, -0.2) is 0 Å². The van der Waals surface area contributed by atoms with Crippen LogP contribution in [0.2, 0.25) is 0 Å². The van der Waals surface area contributed by atoms with Crippen LogP contribution in [0.4, 0.5) is 11.9 Å². The smallest absolute Gasteiger partial charge is 0.323 e. The number of aromatic nitrogens is 3. The summed E-state index contributed by atoms with van der Waals surface area (Å²) in [5, 5.41) is 5.63. The number of ether oxygens (including phenoxy) is 1. The fourth-order valence-corrected chi connectivity index (χ4v) is 1.56. The van der Waals surface area contributed by atoms with Crippen molar-refractivity contribution in [2.45, 2.75) is 27.2 Å². The molecule has 0 spiro atoms. The zero-order valence-electron chi connectivity index (χ0n) is 13.1. The minimum atomic E-state index is -0.0988. The number of hydrogen-bond donors (Lipinski definition) is 2. The van der Waals surface area contributed by atoms with Gasteiger partial charge in [0.1, 0.15) is 0 Å². The van der Waals surface area contributed by atoms with Crippen molar-refractivity contribution in [3.8, 4) is 6.01 Å². The Kier molecular flexibility index (Phi) is 7.20. The molecule has 1 amide bonds. The molecular formula is C13H24N6O2. The minimum absolute atomic E-state index is 0.0988. The molecule has 1 aromatic heterocycles. The molecule has 0 saturated heterocycles.